The first-order valence-electron chi connectivity index (χ1n) is 13.2. The molecule has 0 atom stereocenters. The first-order valence-corrected chi connectivity index (χ1v) is 13.2. The van der Waals surface area contributed by atoms with E-state index in [1.54, 1.807) is 0 Å². The molecule has 0 radical (unpaired) electrons. The second-order valence-corrected chi connectivity index (χ2v) is 9.92. The molecule has 1 saturated carbocycles. The van der Waals surface area contributed by atoms with E-state index in [-0.39, 0.29) is 6.42 Å². The molecule has 9 heteroatoms. The van der Waals surface area contributed by atoms with Gasteiger partial charge >= 0.3 is 5.97 Å². The van der Waals surface area contributed by atoms with Crippen molar-refractivity contribution in [3.05, 3.63) is 65.7 Å². The summed E-state index contributed by atoms with van der Waals surface area (Å²) < 4.78 is 2.09. The van der Waals surface area contributed by atoms with E-state index < -0.39 is 5.97 Å². The van der Waals surface area contributed by atoms with Crippen LogP contribution in [0.25, 0.3) is 22.5 Å². The summed E-state index contributed by atoms with van der Waals surface area (Å²) in [5, 5.41) is 28.4. The molecular weight excluding hydrogens is 466 g/mol. The smallest absolute Gasteiger partial charge is 0.303 e. The lowest BCUT2D eigenvalue weighted by Gasteiger charge is -2.27. The molecule has 1 aliphatic carbocycles. The van der Waals surface area contributed by atoms with Crippen molar-refractivity contribution in [3.63, 3.8) is 0 Å². The van der Waals surface area contributed by atoms with E-state index in [1.165, 1.54) is 5.56 Å². The molecule has 0 aliphatic heterocycles. The van der Waals surface area contributed by atoms with E-state index in [0.717, 1.165) is 73.3 Å². The molecule has 5 rings (SSSR count). The molecule has 0 amide bonds. The highest BCUT2D eigenvalue weighted by molar-refractivity contribution is 5.80. The van der Waals surface area contributed by atoms with Gasteiger partial charge in [-0.2, -0.15) is 10.3 Å². The normalized spacial score (nSPS) is 17.6. The Morgan fingerprint density at radius 2 is 1.81 bits per heavy atom. The standard InChI is InChI=1S/C28H33N7O2/c1-2-5-25-29-28(22-15-8-19(9-16-22)12-17-26(36)37)35(32-25)18-20-10-13-21(14-11-20)23-6-3-4-7-24(23)27-30-33-34-31-27/h3-4,6-7,10-11,13-14,19,22H,2,5,8-9,12,15-18H2,1H3,(H,36,37)(H,30,31,33,34). The fourth-order valence-electron chi connectivity index (χ4n) is 5.36. The number of nitrogens with zero attached hydrogens (tertiary/aromatic N) is 6. The van der Waals surface area contributed by atoms with Crippen LogP contribution in [0.1, 0.15) is 75.0 Å². The van der Waals surface area contributed by atoms with Gasteiger partial charge in [0.2, 0.25) is 5.82 Å². The lowest BCUT2D eigenvalue weighted by Crippen LogP contribution is -2.18. The van der Waals surface area contributed by atoms with Gasteiger partial charge in [-0.15, -0.1) is 10.2 Å². The Labute approximate surface area is 216 Å². The van der Waals surface area contributed by atoms with Gasteiger partial charge in [0.15, 0.2) is 5.82 Å². The molecule has 2 aromatic carbocycles. The van der Waals surface area contributed by atoms with E-state index in [9.17, 15) is 4.79 Å². The minimum absolute atomic E-state index is 0.266. The molecule has 4 aromatic rings. The zero-order valence-corrected chi connectivity index (χ0v) is 21.2. The van der Waals surface area contributed by atoms with E-state index >= 15 is 0 Å². The second-order valence-electron chi connectivity index (χ2n) is 9.92. The summed E-state index contributed by atoms with van der Waals surface area (Å²) in [6, 6.07) is 16.6. The number of aryl methyl sites for hydroxylation is 1. The number of aliphatic carboxylic acids is 1. The second kappa shape index (κ2) is 11.5. The number of aromatic nitrogens is 7. The van der Waals surface area contributed by atoms with Crippen LogP contribution in [0.15, 0.2) is 48.5 Å². The van der Waals surface area contributed by atoms with Gasteiger partial charge in [0.25, 0.3) is 0 Å². The number of rotatable bonds is 10. The van der Waals surface area contributed by atoms with E-state index in [0.29, 0.717) is 24.2 Å². The molecule has 1 aliphatic rings. The summed E-state index contributed by atoms with van der Waals surface area (Å²) in [4.78, 5) is 15.9. The van der Waals surface area contributed by atoms with E-state index in [1.807, 2.05) is 18.2 Å². The summed E-state index contributed by atoms with van der Waals surface area (Å²) >= 11 is 0. The number of hydrogen-bond acceptors (Lipinski definition) is 6. The van der Waals surface area contributed by atoms with Gasteiger partial charge in [-0.3, -0.25) is 4.79 Å². The third-order valence-electron chi connectivity index (χ3n) is 7.31. The number of tetrazole rings is 1. The highest BCUT2D eigenvalue weighted by atomic mass is 16.4. The van der Waals surface area contributed by atoms with E-state index in [4.69, 9.17) is 15.2 Å². The molecule has 192 valence electrons. The Bertz CT molecular complexity index is 1310. The minimum atomic E-state index is -0.699. The summed E-state index contributed by atoms with van der Waals surface area (Å²) in [7, 11) is 0. The van der Waals surface area contributed by atoms with Crippen molar-refractivity contribution in [1.29, 1.82) is 0 Å². The number of carboxylic acids is 1. The molecule has 2 N–H and O–H groups in total. The van der Waals surface area contributed by atoms with Gasteiger partial charge in [-0.1, -0.05) is 55.5 Å². The summed E-state index contributed by atoms with van der Waals surface area (Å²) in [6.45, 7) is 2.83. The van der Waals surface area contributed by atoms with Crippen molar-refractivity contribution in [2.45, 2.75) is 70.8 Å². The Hall–Kier alpha value is -3.88. The first-order chi connectivity index (χ1) is 18.1. The molecule has 0 saturated heterocycles. The predicted molar refractivity (Wildman–Crippen MR) is 140 cm³/mol. The highest BCUT2D eigenvalue weighted by Crippen LogP contribution is 2.37. The highest BCUT2D eigenvalue weighted by Gasteiger charge is 2.27. The van der Waals surface area contributed by atoms with Crippen LogP contribution in [-0.4, -0.2) is 46.5 Å². The fraction of sp³-hybridized carbons (Fsp3) is 0.429. The Morgan fingerprint density at radius 1 is 1.05 bits per heavy atom. The fourth-order valence-corrected chi connectivity index (χ4v) is 5.36. The number of H-pyrrole nitrogens is 1. The molecule has 37 heavy (non-hydrogen) atoms. The maximum Gasteiger partial charge on any atom is 0.303 e. The maximum absolute atomic E-state index is 11.0. The van der Waals surface area contributed by atoms with Crippen molar-refractivity contribution in [1.82, 2.24) is 35.4 Å². The molecule has 0 spiro atoms. The lowest BCUT2D eigenvalue weighted by molar-refractivity contribution is -0.137. The minimum Gasteiger partial charge on any atom is -0.481 e. The Kier molecular flexibility index (Phi) is 7.67. The van der Waals surface area contributed by atoms with E-state index in [2.05, 4.69) is 62.6 Å². The van der Waals surface area contributed by atoms with Crippen molar-refractivity contribution >= 4 is 5.97 Å². The Balaban J connectivity index is 1.32. The summed E-state index contributed by atoms with van der Waals surface area (Å²) in [6.07, 6.45) is 7.13. The SMILES string of the molecule is CCCc1nc(C2CCC(CCC(=O)O)CC2)n(Cc2ccc(-c3ccccc3-c3nn[nH]n3)cc2)n1. The van der Waals surface area contributed by atoms with Crippen LogP contribution in [0, 0.1) is 5.92 Å². The molecule has 2 heterocycles. The Morgan fingerprint density at radius 3 is 2.49 bits per heavy atom. The zero-order valence-electron chi connectivity index (χ0n) is 21.2. The molecule has 0 bridgehead atoms. The van der Waals surface area contributed by atoms with Crippen molar-refractivity contribution in [2.75, 3.05) is 0 Å². The molecule has 9 nitrogen and oxygen atoms in total. The van der Waals surface area contributed by atoms with Crippen molar-refractivity contribution in [3.8, 4) is 22.5 Å². The van der Waals surface area contributed by atoms with Gasteiger partial charge in [0.05, 0.1) is 6.54 Å². The molecule has 2 aromatic heterocycles. The largest absolute Gasteiger partial charge is 0.481 e. The van der Waals surface area contributed by atoms with Crippen molar-refractivity contribution in [2.24, 2.45) is 5.92 Å². The quantitative estimate of drug-likeness (QED) is 0.305. The van der Waals surface area contributed by atoms with Crippen LogP contribution in [0.3, 0.4) is 0 Å². The monoisotopic (exact) mass is 499 g/mol. The number of aromatic amines is 1. The van der Waals surface area contributed by atoms with Crippen LogP contribution in [0.5, 0.6) is 0 Å². The van der Waals surface area contributed by atoms with Gasteiger partial charge in [0.1, 0.15) is 5.82 Å². The van der Waals surface area contributed by atoms with Crippen LogP contribution in [0.2, 0.25) is 0 Å². The predicted octanol–water partition coefficient (Wildman–Crippen LogP) is 5.26. The average Bonchev–Trinajstić information content (AvgIpc) is 3.59. The number of benzene rings is 2. The number of nitrogens with one attached hydrogen (secondary N) is 1. The number of hydrogen-bond donors (Lipinski definition) is 2. The zero-order chi connectivity index (χ0) is 25.6. The van der Waals surface area contributed by atoms with Gasteiger partial charge in [0, 0.05) is 24.3 Å². The maximum atomic E-state index is 11.0. The number of carbonyl (C=O) groups is 1. The van der Waals surface area contributed by atoms with Crippen LogP contribution in [-0.2, 0) is 17.8 Å². The topological polar surface area (TPSA) is 122 Å². The van der Waals surface area contributed by atoms with Crippen LogP contribution in [0.4, 0.5) is 0 Å². The molecule has 1 fully saturated rings. The number of carboxylic acid groups (broad SMARTS) is 1. The third-order valence-corrected chi connectivity index (χ3v) is 7.31. The van der Waals surface area contributed by atoms with Gasteiger partial charge < -0.3 is 5.11 Å². The summed E-state index contributed by atoms with van der Waals surface area (Å²) in [5.41, 5.74) is 4.26. The van der Waals surface area contributed by atoms with Gasteiger partial charge in [-0.05, 0) is 66.3 Å². The van der Waals surface area contributed by atoms with Crippen LogP contribution >= 0.6 is 0 Å². The third kappa shape index (κ3) is 5.93. The molecular formula is C28H33N7O2. The van der Waals surface area contributed by atoms with Crippen LogP contribution < -0.4 is 0 Å². The summed E-state index contributed by atoms with van der Waals surface area (Å²) in [5.74, 6) is 2.74. The first kappa shape index (κ1) is 24.8. The van der Waals surface area contributed by atoms with Gasteiger partial charge in [-0.25, -0.2) is 9.67 Å². The van der Waals surface area contributed by atoms with Crippen molar-refractivity contribution < 1.29 is 9.90 Å². The average molecular weight is 500 g/mol. The molecule has 0 unspecified atom stereocenters. The lowest BCUT2D eigenvalue weighted by atomic mass is 9.79.